The van der Waals surface area contributed by atoms with E-state index in [1.165, 1.54) is 23.8 Å². The minimum Gasteiger partial charge on any atom is -0.324 e. The Hall–Kier alpha value is -2.59. The summed E-state index contributed by atoms with van der Waals surface area (Å²) >= 11 is 1.20. The van der Waals surface area contributed by atoms with Crippen molar-refractivity contribution in [3.8, 4) is 0 Å². The third kappa shape index (κ3) is 3.23. The molecule has 0 unspecified atom stereocenters. The lowest BCUT2D eigenvalue weighted by Crippen LogP contribution is -2.35. The molecule has 0 radical (unpaired) electrons. The summed E-state index contributed by atoms with van der Waals surface area (Å²) in [6.45, 7) is 6.90. The van der Waals surface area contributed by atoms with E-state index in [0.29, 0.717) is 11.6 Å². The molecular formula is C20H25N7OSSi-. The molecule has 4 aromatic rings. The Balaban J connectivity index is 1.54. The predicted molar refractivity (Wildman–Crippen MR) is 124 cm³/mol. The van der Waals surface area contributed by atoms with Gasteiger partial charge >= 0.3 is 5.69 Å². The molecule has 3 aromatic heterocycles. The fourth-order valence-electron chi connectivity index (χ4n) is 4.36. The second-order valence-electron chi connectivity index (χ2n) is 9.05. The molecule has 0 atom stereocenters. The van der Waals surface area contributed by atoms with Crippen LogP contribution in [0.2, 0.25) is 25.2 Å². The van der Waals surface area contributed by atoms with E-state index in [0.717, 1.165) is 40.6 Å². The lowest BCUT2D eigenvalue weighted by atomic mass is 10.1. The second kappa shape index (κ2) is 6.98. The number of aryl methyl sites for hydroxylation is 2. The molecule has 1 aliphatic rings. The molecule has 0 bridgehead atoms. The summed E-state index contributed by atoms with van der Waals surface area (Å²) in [6, 6.07) is 6.68. The van der Waals surface area contributed by atoms with Crippen molar-refractivity contribution in [1.29, 1.82) is 0 Å². The molecule has 0 saturated carbocycles. The number of nitrogens with zero attached hydrogens (tertiary/aromatic N) is 6. The number of aromatic nitrogens is 6. The first kappa shape index (κ1) is 19.4. The van der Waals surface area contributed by atoms with Crippen LogP contribution in [-0.4, -0.2) is 35.9 Å². The van der Waals surface area contributed by atoms with Crippen molar-refractivity contribution in [2.24, 2.45) is 7.05 Å². The van der Waals surface area contributed by atoms with Gasteiger partial charge in [-0.15, -0.1) is 8.07 Å². The van der Waals surface area contributed by atoms with Crippen LogP contribution in [0.25, 0.3) is 22.2 Å². The van der Waals surface area contributed by atoms with Crippen molar-refractivity contribution < 1.29 is 0 Å². The van der Waals surface area contributed by atoms with Crippen LogP contribution >= 0.6 is 11.7 Å². The minimum absolute atomic E-state index is 0.00558. The number of fused-ring (bicyclic) bond motifs is 2. The van der Waals surface area contributed by atoms with Crippen molar-refractivity contribution in [3.05, 3.63) is 34.4 Å². The van der Waals surface area contributed by atoms with E-state index in [1.807, 2.05) is 23.6 Å². The molecule has 1 aromatic carbocycles. The van der Waals surface area contributed by atoms with Crippen LogP contribution in [0.3, 0.4) is 0 Å². The lowest BCUT2D eigenvalue weighted by Gasteiger charge is -2.41. The van der Waals surface area contributed by atoms with Gasteiger partial charge in [-0.05, 0) is 24.6 Å². The fraction of sp³-hybridized carbons (Fsp3) is 0.450. The zero-order valence-electron chi connectivity index (χ0n) is 17.6. The minimum atomic E-state index is -1.11. The molecule has 0 aliphatic carbocycles. The summed E-state index contributed by atoms with van der Waals surface area (Å²) in [5, 5.41) is 3.32. The molecule has 157 valence electrons. The van der Waals surface area contributed by atoms with Crippen molar-refractivity contribution in [2.75, 3.05) is 5.32 Å². The molecular weight excluding hydrogens is 414 g/mol. The lowest BCUT2D eigenvalue weighted by molar-refractivity contribution is 0.443. The third-order valence-corrected chi connectivity index (χ3v) is 10.2. The Kier molecular flexibility index (Phi) is 4.51. The van der Waals surface area contributed by atoms with Gasteiger partial charge in [-0.2, -0.15) is 38.9 Å². The summed E-state index contributed by atoms with van der Waals surface area (Å²) in [7, 11) is 0.692. The number of hydrogen-bond acceptors (Lipinski definition) is 7. The smallest absolute Gasteiger partial charge is 0.324 e. The number of nitrogens with one attached hydrogen (secondary N) is 1. The number of hydrogen-bond donors (Lipinski definition) is 1. The first-order valence-corrected chi connectivity index (χ1v) is 14.4. The van der Waals surface area contributed by atoms with Crippen LogP contribution < -0.4 is 11.0 Å². The SMILES string of the molecule is Cc1cc2nsnc2cc1Nc1ncc2c(n1)n(C1CC[Si-](C)(C)CC1)c(=O)n2C. The maximum atomic E-state index is 13.0. The fourth-order valence-corrected chi connectivity index (χ4v) is 7.35. The van der Waals surface area contributed by atoms with Gasteiger partial charge in [0.25, 0.3) is 0 Å². The van der Waals surface area contributed by atoms with Crippen LogP contribution in [0.5, 0.6) is 0 Å². The van der Waals surface area contributed by atoms with E-state index >= 15 is 0 Å². The highest BCUT2D eigenvalue weighted by Gasteiger charge is 2.26. The quantitative estimate of drug-likeness (QED) is 0.480. The largest absolute Gasteiger partial charge is 0.330 e. The van der Waals surface area contributed by atoms with Crippen LogP contribution in [-0.2, 0) is 7.05 Å². The van der Waals surface area contributed by atoms with Gasteiger partial charge in [0, 0.05) is 18.8 Å². The molecule has 0 amide bonds. The van der Waals surface area contributed by atoms with E-state index in [-0.39, 0.29) is 11.7 Å². The van der Waals surface area contributed by atoms with Crippen LogP contribution in [0.1, 0.15) is 24.4 Å². The van der Waals surface area contributed by atoms with Gasteiger partial charge in [0.15, 0.2) is 5.65 Å². The van der Waals surface area contributed by atoms with Crippen molar-refractivity contribution >= 4 is 53.6 Å². The Morgan fingerprint density at radius 3 is 2.60 bits per heavy atom. The molecule has 10 heteroatoms. The van der Waals surface area contributed by atoms with E-state index < -0.39 is 8.07 Å². The zero-order valence-corrected chi connectivity index (χ0v) is 19.5. The van der Waals surface area contributed by atoms with E-state index in [4.69, 9.17) is 4.98 Å². The van der Waals surface area contributed by atoms with Crippen LogP contribution in [0.4, 0.5) is 11.6 Å². The first-order valence-electron chi connectivity index (χ1n) is 10.3. The normalized spacial score (nSPS) is 17.1. The van der Waals surface area contributed by atoms with E-state index in [1.54, 1.807) is 17.8 Å². The third-order valence-electron chi connectivity index (χ3n) is 6.35. The topological polar surface area (TPSA) is 90.5 Å². The van der Waals surface area contributed by atoms with Crippen molar-refractivity contribution in [3.63, 3.8) is 0 Å². The summed E-state index contributed by atoms with van der Waals surface area (Å²) in [4.78, 5) is 22.3. The second-order valence-corrected chi connectivity index (χ2v) is 14.9. The average Bonchev–Trinajstić information content (AvgIpc) is 3.25. The van der Waals surface area contributed by atoms with Gasteiger partial charge < -0.3 is 5.32 Å². The summed E-state index contributed by atoms with van der Waals surface area (Å²) in [5.74, 6) is 0.484. The van der Waals surface area contributed by atoms with Gasteiger partial charge in [-0.1, -0.05) is 12.8 Å². The molecule has 1 saturated heterocycles. The van der Waals surface area contributed by atoms with Gasteiger partial charge in [0.2, 0.25) is 5.95 Å². The summed E-state index contributed by atoms with van der Waals surface area (Å²) < 4.78 is 12.2. The number of benzene rings is 1. The summed E-state index contributed by atoms with van der Waals surface area (Å²) in [5.41, 5.74) is 5.14. The van der Waals surface area contributed by atoms with Crippen molar-refractivity contribution in [2.45, 2.75) is 51.0 Å². The Bertz CT molecular complexity index is 1310. The number of imidazole rings is 1. The molecule has 1 N–H and O–H groups in total. The Morgan fingerprint density at radius 2 is 1.87 bits per heavy atom. The summed E-state index contributed by atoms with van der Waals surface area (Å²) in [6.07, 6.45) is 3.84. The maximum Gasteiger partial charge on any atom is 0.330 e. The first-order chi connectivity index (χ1) is 14.3. The number of anilines is 2. The highest BCUT2D eigenvalue weighted by atomic mass is 32.1. The molecule has 4 heterocycles. The van der Waals surface area contributed by atoms with Gasteiger partial charge in [-0.3, -0.25) is 9.13 Å². The van der Waals surface area contributed by atoms with E-state index in [2.05, 4.69) is 32.1 Å². The molecule has 8 nitrogen and oxygen atoms in total. The van der Waals surface area contributed by atoms with Gasteiger partial charge in [0.1, 0.15) is 16.6 Å². The molecule has 30 heavy (non-hydrogen) atoms. The average molecular weight is 440 g/mol. The Morgan fingerprint density at radius 1 is 1.17 bits per heavy atom. The van der Waals surface area contributed by atoms with E-state index in [9.17, 15) is 4.79 Å². The highest BCUT2D eigenvalue weighted by molar-refractivity contribution is 7.00. The van der Waals surface area contributed by atoms with Crippen LogP contribution in [0.15, 0.2) is 23.1 Å². The zero-order chi connectivity index (χ0) is 21.0. The number of rotatable bonds is 3. The monoisotopic (exact) mass is 439 g/mol. The molecule has 1 fully saturated rings. The Labute approximate surface area is 179 Å². The van der Waals surface area contributed by atoms with Gasteiger partial charge in [-0.25, -0.2) is 9.78 Å². The maximum absolute atomic E-state index is 13.0. The van der Waals surface area contributed by atoms with Gasteiger partial charge in [0.05, 0.1) is 17.9 Å². The molecule has 1 aliphatic heterocycles. The highest BCUT2D eigenvalue weighted by Crippen LogP contribution is 2.36. The molecule has 0 spiro atoms. The molecule has 5 rings (SSSR count). The van der Waals surface area contributed by atoms with Crippen LogP contribution in [0, 0.1) is 6.92 Å². The standard InChI is InChI=1S/C20H25N7OSSi/c1-12-9-15-16(25-29-24-15)10-14(12)22-19-21-11-17-18(23-19)27(20(28)26(17)2)13-5-7-30(3,4)8-6-13/h9-11,13H,5-8H2,1-4H3,(H,21,22,23)/q-1. The predicted octanol–water partition coefficient (Wildman–Crippen LogP) is 4.23. The van der Waals surface area contributed by atoms with Crippen molar-refractivity contribution in [1.82, 2.24) is 27.8 Å².